The Morgan fingerprint density at radius 3 is 2.70 bits per heavy atom. The van der Waals surface area contributed by atoms with Crippen LogP contribution in [0, 0.1) is 0 Å². The Labute approximate surface area is 127 Å². The number of halogens is 1. The molecule has 0 spiro atoms. The minimum absolute atomic E-state index is 0.00466. The van der Waals surface area contributed by atoms with Crippen LogP contribution in [0.2, 0.25) is 0 Å². The maximum atomic E-state index is 12.4. The van der Waals surface area contributed by atoms with Crippen LogP contribution in [0.4, 0.5) is 0 Å². The highest BCUT2D eigenvalue weighted by atomic mass is 79.9. The van der Waals surface area contributed by atoms with Crippen molar-refractivity contribution in [2.75, 3.05) is 0 Å². The minimum atomic E-state index is -0.0149. The van der Waals surface area contributed by atoms with Crippen LogP contribution in [0.1, 0.15) is 47.9 Å². The van der Waals surface area contributed by atoms with Gasteiger partial charge in [-0.15, -0.1) is 0 Å². The molecule has 0 radical (unpaired) electrons. The molecule has 104 valence electrons. The average Bonchev–Trinajstić information content (AvgIpc) is 3.22. The predicted molar refractivity (Wildman–Crippen MR) is 82.7 cm³/mol. The zero-order chi connectivity index (χ0) is 14.1. The summed E-state index contributed by atoms with van der Waals surface area (Å²) in [5.74, 6) is -0.0149. The van der Waals surface area contributed by atoms with E-state index in [4.69, 9.17) is 0 Å². The highest BCUT2D eigenvalue weighted by molar-refractivity contribution is 9.10. The van der Waals surface area contributed by atoms with Crippen LogP contribution in [0.25, 0.3) is 0 Å². The van der Waals surface area contributed by atoms with Crippen molar-refractivity contribution < 1.29 is 4.79 Å². The lowest BCUT2D eigenvalue weighted by molar-refractivity contribution is 0.0930. The molecule has 4 heteroatoms. The second-order valence-electron chi connectivity index (χ2n) is 5.29. The van der Waals surface area contributed by atoms with Crippen LogP contribution in [0.3, 0.4) is 0 Å². The summed E-state index contributed by atoms with van der Waals surface area (Å²) in [4.78, 5) is 12.4. The Morgan fingerprint density at radius 1 is 1.35 bits per heavy atom. The number of carbonyl (C=O) groups is 1. The lowest BCUT2D eigenvalue weighted by Gasteiger charge is -2.15. The molecular formula is C16H17BrN2O. The van der Waals surface area contributed by atoms with Gasteiger partial charge in [-0.1, -0.05) is 30.3 Å². The van der Waals surface area contributed by atoms with Crippen molar-refractivity contribution in [3.63, 3.8) is 0 Å². The van der Waals surface area contributed by atoms with E-state index in [0.717, 1.165) is 28.6 Å². The first-order valence-electron chi connectivity index (χ1n) is 6.88. The molecule has 2 aromatic rings. The first-order valence-corrected chi connectivity index (χ1v) is 7.67. The zero-order valence-electron chi connectivity index (χ0n) is 11.3. The summed E-state index contributed by atoms with van der Waals surface area (Å²) in [6, 6.07) is 12.4. The number of amides is 1. The van der Waals surface area contributed by atoms with Gasteiger partial charge in [0, 0.05) is 16.7 Å². The monoisotopic (exact) mass is 332 g/mol. The topological polar surface area (TPSA) is 34.0 Å². The average molecular weight is 333 g/mol. The van der Waals surface area contributed by atoms with Gasteiger partial charge in [-0.25, -0.2) is 0 Å². The van der Waals surface area contributed by atoms with Crippen molar-refractivity contribution in [3.8, 4) is 0 Å². The van der Waals surface area contributed by atoms with Crippen molar-refractivity contribution in [1.29, 1.82) is 0 Å². The Kier molecular flexibility index (Phi) is 3.66. The van der Waals surface area contributed by atoms with Gasteiger partial charge in [0.05, 0.1) is 6.04 Å². The Morgan fingerprint density at radius 2 is 2.05 bits per heavy atom. The van der Waals surface area contributed by atoms with Gasteiger partial charge >= 0.3 is 0 Å². The number of hydrogen-bond donors (Lipinski definition) is 1. The maximum absolute atomic E-state index is 12.4. The molecule has 20 heavy (non-hydrogen) atoms. The van der Waals surface area contributed by atoms with Crippen LogP contribution >= 0.6 is 15.9 Å². The van der Waals surface area contributed by atoms with Gasteiger partial charge in [0.25, 0.3) is 5.91 Å². The molecular weight excluding hydrogens is 316 g/mol. The summed E-state index contributed by atoms with van der Waals surface area (Å²) in [6.45, 7) is 2.01. The van der Waals surface area contributed by atoms with Gasteiger partial charge in [0.15, 0.2) is 0 Å². The van der Waals surface area contributed by atoms with Crippen molar-refractivity contribution in [1.82, 2.24) is 9.88 Å². The first kappa shape index (κ1) is 13.4. The predicted octanol–water partition coefficient (Wildman–Crippen LogP) is 4.08. The number of nitrogens with zero attached hydrogens (tertiary/aromatic N) is 1. The van der Waals surface area contributed by atoms with E-state index in [0.29, 0.717) is 6.04 Å². The van der Waals surface area contributed by atoms with E-state index >= 15 is 0 Å². The summed E-state index contributed by atoms with van der Waals surface area (Å²) in [5, 5.41) is 3.07. The van der Waals surface area contributed by atoms with Gasteiger partial charge in [0.1, 0.15) is 5.69 Å². The minimum Gasteiger partial charge on any atom is -0.344 e. The van der Waals surface area contributed by atoms with Crippen LogP contribution in [0.5, 0.6) is 0 Å². The molecule has 1 aliphatic carbocycles. The Balaban J connectivity index is 1.76. The molecule has 3 nitrogen and oxygen atoms in total. The van der Waals surface area contributed by atoms with Gasteiger partial charge in [0.2, 0.25) is 0 Å². The maximum Gasteiger partial charge on any atom is 0.268 e. The third-order valence-corrected chi connectivity index (χ3v) is 4.07. The van der Waals surface area contributed by atoms with Crippen LogP contribution in [0.15, 0.2) is 47.1 Å². The number of nitrogens with one attached hydrogen (secondary N) is 1. The summed E-state index contributed by atoms with van der Waals surface area (Å²) in [6.07, 6.45) is 4.32. The highest BCUT2D eigenvalue weighted by Crippen LogP contribution is 2.37. The molecule has 1 heterocycles. The van der Waals surface area contributed by atoms with Crippen molar-refractivity contribution in [2.24, 2.45) is 0 Å². The van der Waals surface area contributed by atoms with E-state index in [2.05, 4.69) is 25.8 Å². The molecule has 1 aromatic carbocycles. The third-order valence-electron chi connectivity index (χ3n) is 3.64. The molecule has 3 rings (SSSR count). The second kappa shape index (κ2) is 5.44. The molecule has 0 bridgehead atoms. The van der Waals surface area contributed by atoms with E-state index < -0.39 is 0 Å². The van der Waals surface area contributed by atoms with Crippen molar-refractivity contribution >= 4 is 21.8 Å². The summed E-state index contributed by atoms with van der Waals surface area (Å²) < 4.78 is 3.04. The molecule has 1 fully saturated rings. The van der Waals surface area contributed by atoms with E-state index in [9.17, 15) is 4.79 Å². The molecule has 1 atom stereocenters. The van der Waals surface area contributed by atoms with Gasteiger partial charge < -0.3 is 9.88 Å². The van der Waals surface area contributed by atoms with Gasteiger partial charge in [-0.2, -0.15) is 0 Å². The Bertz CT molecular complexity index is 617. The lowest BCUT2D eigenvalue weighted by atomic mass is 10.1. The molecule has 1 saturated carbocycles. The largest absolute Gasteiger partial charge is 0.344 e. The number of hydrogen-bond acceptors (Lipinski definition) is 1. The SMILES string of the molecule is C[C@@H](NC(=O)c1cc(Br)cn1C1CC1)c1ccccc1. The summed E-state index contributed by atoms with van der Waals surface area (Å²) in [5.41, 5.74) is 1.85. The molecule has 0 unspecified atom stereocenters. The van der Waals surface area contributed by atoms with Crippen LogP contribution in [-0.4, -0.2) is 10.5 Å². The number of rotatable bonds is 4. The fraction of sp³-hybridized carbons (Fsp3) is 0.312. The summed E-state index contributed by atoms with van der Waals surface area (Å²) in [7, 11) is 0. The molecule has 1 amide bonds. The molecule has 0 aliphatic heterocycles. The highest BCUT2D eigenvalue weighted by Gasteiger charge is 2.28. The van der Waals surface area contributed by atoms with Crippen molar-refractivity contribution in [3.05, 3.63) is 58.3 Å². The standard InChI is InChI=1S/C16H17BrN2O/c1-11(12-5-3-2-4-6-12)18-16(20)15-9-13(17)10-19(15)14-7-8-14/h2-6,9-11,14H,7-8H2,1H3,(H,18,20)/t11-/m1/s1. The fourth-order valence-corrected chi connectivity index (χ4v) is 2.82. The van der Waals surface area contributed by atoms with Crippen molar-refractivity contribution in [2.45, 2.75) is 31.8 Å². The van der Waals surface area contributed by atoms with Gasteiger partial charge in [-0.05, 0) is 47.3 Å². The number of carbonyl (C=O) groups excluding carboxylic acids is 1. The van der Waals surface area contributed by atoms with E-state index in [-0.39, 0.29) is 11.9 Å². The quantitative estimate of drug-likeness (QED) is 0.899. The molecule has 0 saturated heterocycles. The zero-order valence-corrected chi connectivity index (χ0v) is 12.9. The number of aromatic nitrogens is 1. The Hall–Kier alpha value is -1.55. The van der Waals surface area contributed by atoms with Crippen LogP contribution < -0.4 is 5.32 Å². The lowest BCUT2D eigenvalue weighted by Crippen LogP contribution is -2.28. The van der Waals surface area contributed by atoms with E-state index in [1.54, 1.807) is 0 Å². The fourth-order valence-electron chi connectivity index (χ4n) is 2.38. The van der Waals surface area contributed by atoms with Gasteiger partial charge in [-0.3, -0.25) is 4.79 Å². The van der Waals surface area contributed by atoms with E-state index in [1.807, 2.05) is 49.5 Å². The summed E-state index contributed by atoms with van der Waals surface area (Å²) >= 11 is 3.46. The second-order valence-corrected chi connectivity index (χ2v) is 6.20. The smallest absolute Gasteiger partial charge is 0.268 e. The van der Waals surface area contributed by atoms with E-state index in [1.165, 1.54) is 0 Å². The normalized spacial score (nSPS) is 15.9. The molecule has 1 N–H and O–H groups in total. The number of benzene rings is 1. The first-order chi connectivity index (χ1) is 9.65. The molecule has 1 aliphatic rings. The third kappa shape index (κ3) is 2.80. The molecule has 1 aromatic heterocycles. The van der Waals surface area contributed by atoms with Crippen LogP contribution in [-0.2, 0) is 0 Å².